The zero-order valence-electron chi connectivity index (χ0n) is 6.22. The van der Waals surface area contributed by atoms with E-state index in [2.05, 4.69) is 4.99 Å². The molecule has 68 valence electrons. The lowest BCUT2D eigenvalue weighted by Crippen LogP contribution is -2.37. The molecule has 0 bridgehead atoms. The first kappa shape index (κ1) is 10.1. The molecule has 0 saturated heterocycles. The predicted octanol–water partition coefficient (Wildman–Crippen LogP) is -1.44. The SMILES string of the molecule is C[C@H](N=C(N)N[N+](=O)[O-])C(=O)O. The lowest BCUT2D eigenvalue weighted by Gasteiger charge is -1.99. The zero-order chi connectivity index (χ0) is 9.72. The van der Waals surface area contributed by atoms with E-state index in [0.29, 0.717) is 0 Å². The number of nitro groups is 1. The maximum Gasteiger partial charge on any atom is 0.328 e. The molecule has 0 aliphatic carbocycles. The number of hydrogen-bond donors (Lipinski definition) is 3. The van der Waals surface area contributed by atoms with Crippen molar-refractivity contribution in [2.75, 3.05) is 0 Å². The summed E-state index contributed by atoms with van der Waals surface area (Å²) < 4.78 is 0. The molecule has 0 aromatic rings. The minimum absolute atomic E-state index is 0.532. The molecule has 4 N–H and O–H groups in total. The summed E-state index contributed by atoms with van der Waals surface area (Å²) >= 11 is 0. The minimum Gasteiger partial charge on any atom is -0.480 e. The van der Waals surface area contributed by atoms with Crippen molar-refractivity contribution in [3.05, 3.63) is 10.1 Å². The van der Waals surface area contributed by atoms with E-state index in [0.717, 1.165) is 0 Å². The molecular formula is C4H8N4O4. The smallest absolute Gasteiger partial charge is 0.328 e. The van der Waals surface area contributed by atoms with Crippen LogP contribution in [0.25, 0.3) is 0 Å². The van der Waals surface area contributed by atoms with Crippen LogP contribution in [0.4, 0.5) is 0 Å². The summed E-state index contributed by atoms with van der Waals surface area (Å²) in [5, 5.41) is 17.1. The molecule has 8 nitrogen and oxygen atoms in total. The average Bonchev–Trinajstić information content (AvgIpc) is 1.84. The van der Waals surface area contributed by atoms with Gasteiger partial charge in [0.15, 0.2) is 5.03 Å². The van der Waals surface area contributed by atoms with Crippen molar-refractivity contribution >= 4 is 11.9 Å². The van der Waals surface area contributed by atoms with Crippen LogP contribution in [0, 0.1) is 10.1 Å². The van der Waals surface area contributed by atoms with Gasteiger partial charge in [0, 0.05) is 0 Å². The first-order valence-electron chi connectivity index (χ1n) is 2.90. The summed E-state index contributed by atoms with van der Waals surface area (Å²) in [5.74, 6) is -1.74. The Morgan fingerprint density at radius 1 is 1.83 bits per heavy atom. The fourth-order valence-electron chi connectivity index (χ4n) is 0.386. The van der Waals surface area contributed by atoms with Gasteiger partial charge in [-0.2, -0.15) is 0 Å². The second-order valence-corrected chi connectivity index (χ2v) is 1.90. The van der Waals surface area contributed by atoms with E-state index < -0.39 is 23.0 Å². The highest BCUT2D eigenvalue weighted by molar-refractivity contribution is 5.81. The van der Waals surface area contributed by atoms with Crippen molar-refractivity contribution in [2.45, 2.75) is 13.0 Å². The van der Waals surface area contributed by atoms with Crippen molar-refractivity contribution in [2.24, 2.45) is 10.7 Å². The average molecular weight is 176 g/mol. The number of hydrogen-bond acceptors (Lipinski definition) is 4. The van der Waals surface area contributed by atoms with Gasteiger partial charge in [-0.3, -0.25) is 0 Å². The van der Waals surface area contributed by atoms with Crippen LogP contribution in [0.1, 0.15) is 6.92 Å². The summed E-state index contributed by atoms with van der Waals surface area (Å²) in [4.78, 5) is 23.2. The third-order valence-electron chi connectivity index (χ3n) is 0.896. The van der Waals surface area contributed by atoms with Gasteiger partial charge in [0.25, 0.3) is 5.96 Å². The van der Waals surface area contributed by atoms with E-state index in [1.54, 1.807) is 0 Å². The van der Waals surface area contributed by atoms with Gasteiger partial charge in [0.2, 0.25) is 0 Å². The number of guanidine groups is 1. The molecule has 0 spiro atoms. The second kappa shape index (κ2) is 4.11. The van der Waals surface area contributed by atoms with Crippen LogP contribution in [0.3, 0.4) is 0 Å². The number of nitrogens with one attached hydrogen (secondary N) is 1. The molecule has 8 heteroatoms. The third kappa shape index (κ3) is 4.04. The molecule has 0 rings (SSSR count). The van der Waals surface area contributed by atoms with Gasteiger partial charge in [-0.05, 0) is 6.92 Å². The van der Waals surface area contributed by atoms with E-state index in [-0.39, 0.29) is 0 Å². The topological polar surface area (TPSA) is 131 Å². The molecule has 0 saturated carbocycles. The largest absolute Gasteiger partial charge is 0.480 e. The van der Waals surface area contributed by atoms with E-state index in [4.69, 9.17) is 10.8 Å². The van der Waals surface area contributed by atoms with Gasteiger partial charge in [0.05, 0.1) is 0 Å². The second-order valence-electron chi connectivity index (χ2n) is 1.90. The molecule has 0 radical (unpaired) electrons. The van der Waals surface area contributed by atoms with E-state index in [1.807, 2.05) is 0 Å². The van der Waals surface area contributed by atoms with E-state index >= 15 is 0 Å². The normalized spacial score (nSPS) is 13.6. The number of carbonyl (C=O) groups is 1. The number of aliphatic carboxylic acids is 1. The lowest BCUT2D eigenvalue weighted by atomic mass is 10.4. The fraction of sp³-hybridized carbons (Fsp3) is 0.500. The Labute approximate surface area is 67.2 Å². The molecule has 12 heavy (non-hydrogen) atoms. The molecule has 0 fully saturated rings. The Morgan fingerprint density at radius 2 is 2.33 bits per heavy atom. The lowest BCUT2D eigenvalue weighted by molar-refractivity contribution is -0.525. The molecule has 0 amide bonds. The standard InChI is InChI=1S/C4H8N4O4/c1-2(3(9)10)6-4(5)7-8(11)12/h2H,1H3,(H,9,10)(H3,5,6,7)/t2-/m0/s1. The van der Waals surface area contributed by atoms with E-state index in [1.165, 1.54) is 12.3 Å². The number of carboxylic acid groups (broad SMARTS) is 1. The highest BCUT2D eigenvalue weighted by Crippen LogP contribution is 1.87. The highest BCUT2D eigenvalue weighted by atomic mass is 16.7. The third-order valence-corrected chi connectivity index (χ3v) is 0.896. The van der Waals surface area contributed by atoms with Crippen LogP contribution in [0.15, 0.2) is 4.99 Å². The number of carboxylic acids is 1. The maximum atomic E-state index is 10.2. The zero-order valence-corrected chi connectivity index (χ0v) is 6.22. The number of aliphatic imine (C=N–C) groups is 1. The van der Waals surface area contributed by atoms with Gasteiger partial charge < -0.3 is 10.8 Å². The van der Waals surface area contributed by atoms with Crippen LogP contribution in [-0.4, -0.2) is 28.1 Å². The van der Waals surface area contributed by atoms with Crippen molar-refractivity contribution in [1.82, 2.24) is 5.43 Å². The number of hydrazine groups is 1. The predicted molar refractivity (Wildman–Crippen MR) is 38.9 cm³/mol. The maximum absolute atomic E-state index is 10.2. The van der Waals surface area contributed by atoms with Gasteiger partial charge >= 0.3 is 5.97 Å². The molecule has 0 aliphatic heterocycles. The van der Waals surface area contributed by atoms with Gasteiger partial charge in [-0.1, -0.05) is 5.43 Å². The quantitative estimate of drug-likeness (QED) is 0.209. The first-order valence-corrected chi connectivity index (χ1v) is 2.90. The van der Waals surface area contributed by atoms with Gasteiger partial charge in [-0.25, -0.2) is 19.9 Å². The summed E-state index contributed by atoms with van der Waals surface area (Å²) in [6.45, 7) is 1.25. The number of nitrogens with zero attached hydrogens (tertiary/aromatic N) is 2. The van der Waals surface area contributed by atoms with Crippen molar-refractivity contribution < 1.29 is 14.9 Å². The van der Waals surface area contributed by atoms with Crippen molar-refractivity contribution in [3.63, 3.8) is 0 Å². The minimum atomic E-state index is -1.21. The fourth-order valence-corrected chi connectivity index (χ4v) is 0.386. The summed E-state index contributed by atoms with van der Waals surface area (Å²) in [7, 11) is 0. The molecule has 0 unspecified atom stereocenters. The first-order chi connectivity index (χ1) is 5.43. The van der Waals surface area contributed by atoms with Crippen LogP contribution in [0.2, 0.25) is 0 Å². The summed E-state index contributed by atoms with van der Waals surface area (Å²) in [6.07, 6.45) is 0. The van der Waals surface area contributed by atoms with Crippen LogP contribution in [-0.2, 0) is 4.79 Å². The Bertz CT molecular complexity index is 225. The van der Waals surface area contributed by atoms with Crippen molar-refractivity contribution in [1.29, 1.82) is 0 Å². The summed E-state index contributed by atoms with van der Waals surface area (Å²) in [6, 6.07) is -1.10. The molecule has 0 aromatic heterocycles. The van der Waals surface area contributed by atoms with Crippen LogP contribution < -0.4 is 11.2 Å². The molecule has 0 aromatic carbocycles. The van der Waals surface area contributed by atoms with Crippen molar-refractivity contribution in [3.8, 4) is 0 Å². The Morgan fingerprint density at radius 3 is 2.67 bits per heavy atom. The van der Waals surface area contributed by atoms with Crippen LogP contribution >= 0.6 is 0 Å². The number of nitrogens with two attached hydrogens (primary N) is 1. The van der Waals surface area contributed by atoms with E-state index in [9.17, 15) is 14.9 Å². The molecule has 0 heterocycles. The Hall–Kier alpha value is -1.86. The summed E-state index contributed by atoms with van der Waals surface area (Å²) in [5.41, 5.74) is 6.46. The van der Waals surface area contributed by atoms with Gasteiger partial charge in [-0.15, -0.1) is 0 Å². The molecule has 1 atom stereocenters. The highest BCUT2D eigenvalue weighted by Gasteiger charge is 2.10. The molecular weight excluding hydrogens is 168 g/mol. The molecule has 0 aliphatic rings. The van der Waals surface area contributed by atoms with Gasteiger partial charge in [0.1, 0.15) is 6.04 Å². The Kier molecular flexibility index (Phi) is 3.47. The van der Waals surface area contributed by atoms with Crippen LogP contribution in [0.5, 0.6) is 0 Å². The Balaban J connectivity index is 4.15. The number of rotatable bonds is 3. The monoisotopic (exact) mass is 176 g/mol.